The van der Waals surface area contributed by atoms with Gasteiger partial charge in [0.25, 0.3) is 5.56 Å². The average Bonchev–Trinajstić information content (AvgIpc) is 2.74. The third-order valence-electron chi connectivity index (χ3n) is 3.46. The number of thiazole rings is 1. The van der Waals surface area contributed by atoms with E-state index >= 15 is 0 Å². The van der Waals surface area contributed by atoms with Gasteiger partial charge in [-0.05, 0) is 33.1 Å². The first-order chi connectivity index (χ1) is 10.6. The maximum atomic E-state index is 12.5. The van der Waals surface area contributed by atoms with Gasteiger partial charge < -0.3 is 9.47 Å². The zero-order valence-corrected chi connectivity index (χ0v) is 13.4. The highest BCUT2D eigenvalue weighted by Crippen LogP contribution is 2.29. The van der Waals surface area contributed by atoms with E-state index in [0.717, 1.165) is 30.6 Å². The summed E-state index contributed by atoms with van der Waals surface area (Å²) in [4.78, 5) is 24.5. The van der Waals surface area contributed by atoms with Gasteiger partial charge in [0.05, 0.1) is 13.2 Å². The maximum Gasteiger partial charge on any atom is 0.351 e. The Kier molecular flexibility index (Phi) is 5.39. The number of rotatable bonds is 5. The van der Waals surface area contributed by atoms with Crippen molar-refractivity contribution < 1.29 is 14.3 Å². The molecule has 1 heterocycles. The van der Waals surface area contributed by atoms with Crippen LogP contribution in [0.1, 0.15) is 39.2 Å². The zero-order valence-electron chi connectivity index (χ0n) is 12.6. The van der Waals surface area contributed by atoms with Gasteiger partial charge in [-0.2, -0.15) is 5.26 Å². The van der Waals surface area contributed by atoms with Gasteiger partial charge in [0, 0.05) is 6.04 Å². The highest BCUT2D eigenvalue weighted by molar-refractivity contribution is 7.07. The third-order valence-corrected chi connectivity index (χ3v) is 4.54. The molecule has 6 nitrogen and oxygen atoms in total. The Bertz CT molecular complexity index is 765. The fourth-order valence-electron chi connectivity index (χ4n) is 2.17. The van der Waals surface area contributed by atoms with E-state index in [2.05, 4.69) is 0 Å². The van der Waals surface area contributed by atoms with Crippen molar-refractivity contribution in [2.45, 2.75) is 39.2 Å². The van der Waals surface area contributed by atoms with Crippen molar-refractivity contribution >= 4 is 29.1 Å². The van der Waals surface area contributed by atoms with Gasteiger partial charge in [-0.3, -0.25) is 9.36 Å². The molecule has 0 spiro atoms. The number of ether oxygens (including phenoxy) is 2. The van der Waals surface area contributed by atoms with E-state index in [-0.39, 0.29) is 23.8 Å². The highest BCUT2D eigenvalue weighted by atomic mass is 32.1. The molecule has 0 saturated heterocycles. The Hall–Kier alpha value is -2.07. The largest absolute Gasteiger partial charge is 0.500 e. The highest BCUT2D eigenvalue weighted by Gasteiger charge is 2.25. The van der Waals surface area contributed by atoms with Gasteiger partial charge in [0.15, 0.2) is 5.57 Å². The van der Waals surface area contributed by atoms with Gasteiger partial charge in [-0.25, -0.2) is 4.79 Å². The molecule has 2 rings (SSSR count). The van der Waals surface area contributed by atoms with E-state index in [1.54, 1.807) is 11.5 Å². The topological polar surface area (TPSA) is 81.3 Å². The molecule has 1 aromatic rings. The summed E-state index contributed by atoms with van der Waals surface area (Å²) in [7, 11) is 0. The predicted molar refractivity (Wildman–Crippen MR) is 82.5 cm³/mol. The van der Waals surface area contributed by atoms with Gasteiger partial charge in [0.2, 0.25) is 0 Å². The number of aromatic nitrogens is 1. The van der Waals surface area contributed by atoms with Crippen LogP contribution in [0.2, 0.25) is 0 Å². The van der Waals surface area contributed by atoms with Crippen molar-refractivity contribution in [1.82, 2.24) is 4.57 Å². The lowest BCUT2D eigenvalue weighted by Gasteiger charge is -2.26. The molecule has 0 bridgehead atoms. The third kappa shape index (κ3) is 3.07. The fourth-order valence-corrected chi connectivity index (χ4v) is 3.24. The second-order valence-electron chi connectivity index (χ2n) is 4.81. The summed E-state index contributed by atoms with van der Waals surface area (Å²) in [6, 6.07) is 1.92. The van der Waals surface area contributed by atoms with E-state index in [1.165, 1.54) is 6.26 Å². The first-order valence-electron chi connectivity index (χ1n) is 7.28. The molecule has 1 aliphatic carbocycles. The van der Waals surface area contributed by atoms with Crippen molar-refractivity contribution in [3.8, 4) is 6.07 Å². The molecule has 0 amide bonds. The number of nitrogens with zero attached hydrogens (tertiary/aromatic N) is 2. The van der Waals surface area contributed by atoms with Gasteiger partial charge in [-0.1, -0.05) is 0 Å². The quantitative estimate of drug-likeness (QED) is 0.743. The Morgan fingerprint density at radius 2 is 2.18 bits per heavy atom. The van der Waals surface area contributed by atoms with Crippen LogP contribution in [-0.2, 0) is 14.3 Å². The standard InChI is InChI=1S/C15H18N2O4S/c1-3-20-9-12-13(18)17(10-6-5-7-10)14(22-12)11(8-16)15(19)21-4-2/h9-10H,3-7H2,1-2H3. The van der Waals surface area contributed by atoms with Crippen LogP contribution >= 0.6 is 11.3 Å². The number of carbonyl (C=O) groups excluding carboxylic acids is 1. The number of hydrogen-bond acceptors (Lipinski definition) is 6. The summed E-state index contributed by atoms with van der Waals surface area (Å²) >= 11 is 1.10. The smallest absolute Gasteiger partial charge is 0.351 e. The molecule has 0 radical (unpaired) electrons. The Balaban J connectivity index is 2.70. The molecule has 1 fully saturated rings. The second-order valence-corrected chi connectivity index (χ2v) is 5.84. The van der Waals surface area contributed by atoms with Gasteiger partial charge >= 0.3 is 5.97 Å². The van der Waals surface area contributed by atoms with E-state index in [1.807, 2.05) is 13.0 Å². The van der Waals surface area contributed by atoms with Crippen LogP contribution < -0.4 is 14.8 Å². The van der Waals surface area contributed by atoms with Crippen LogP contribution in [0.3, 0.4) is 0 Å². The summed E-state index contributed by atoms with van der Waals surface area (Å²) in [6.45, 7) is 4.12. The summed E-state index contributed by atoms with van der Waals surface area (Å²) < 4.78 is 12.4. The monoisotopic (exact) mass is 322 g/mol. The van der Waals surface area contributed by atoms with Gasteiger partial charge in [0.1, 0.15) is 21.5 Å². The van der Waals surface area contributed by atoms with Crippen molar-refractivity contribution in [3.05, 3.63) is 19.5 Å². The molecule has 1 aliphatic rings. The minimum absolute atomic E-state index is 0.0419. The van der Waals surface area contributed by atoms with E-state index in [0.29, 0.717) is 15.8 Å². The van der Waals surface area contributed by atoms with Gasteiger partial charge in [-0.15, -0.1) is 11.3 Å². The molecule has 0 unspecified atom stereocenters. The van der Waals surface area contributed by atoms with Crippen molar-refractivity contribution in [3.63, 3.8) is 0 Å². The number of carbonyl (C=O) groups is 1. The van der Waals surface area contributed by atoms with Crippen LogP contribution in [0.25, 0.3) is 11.8 Å². The first kappa shape index (κ1) is 16.3. The first-order valence-corrected chi connectivity index (χ1v) is 8.10. The molecule has 0 atom stereocenters. The minimum atomic E-state index is -0.692. The lowest BCUT2D eigenvalue weighted by atomic mass is 9.93. The molecule has 118 valence electrons. The Labute approximate surface area is 131 Å². The van der Waals surface area contributed by atoms with E-state index < -0.39 is 5.97 Å². The molecule has 22 heavy (non-hydrogen) atoms. The van der Waals surface area contributed by atoms with Crippen LogP contribution in [0, 0.1) is 11.3 Å². The van der Waals surface area contributed by atoms with Crippen LogP contribution in [-0.4, -0.2) is 23.8 Å². The lowest BCUT2D eigenvalue weighted by molar-refractivity contribution is -0.136. The van der Waals surface area contributed by atoms with Crippen LogP contribution in [0.15, 0.2) is 4.79 Å². The molecule has 1 saturated carbocycles. The minimum Gasteiger partial charge on any atom is -0.500 e. The predicted octanol–water partition coefficient (Wildman–Crippen LogP) is 0.647. The van der Waals surface area contributed by atoms with Crippen molar-refractivity contribution in [1.29, 1.82) is 5.26 Å². The van der Waals surface area contributed by atoms with Crippen molar-refractivity contribution in [2.24, 2.45) is 0 Å². The molecular weight excluding hydrogens is 304 g/mol. The Morgan fingerprint density at radius 3 is 2.68 bits per heavy atom. The summed E-state index contributed by atoms with van der Waals surface area (Å²) in [5.74, 6) is -0.692. The van der Waals surface area contributed by atoms with E-state index in [9.17, 15) is 14.9 Å². The molecule has 0 aromatic carbocycles. The second kappa shape index (κ2) is 7.27. The van der Waals surface area contributed by atoms with E-state index in [4.69, 9.17) is 9.47 Å². The Morgan fingerprint density at radius 1 is 1.45 bits per heavy atom. The average molecular weight is 322 g/mol. The summed E-state index contributed by atoms with van der Waals surface area (Å²) in [6.07, 6.45) is 4.18. The lowest BCUT2D eigenvalue weighted by Crippen LogP contribution is -2.38. The number of nitriles is 1. The summed E-state index contributed by atoms with van der Waals surface area (Å²) in [5.41, 5.74) is -0.331. The van der Waals surface area contributed by atoms with Crippen LogP contribution in [0.4, 0.5) is 0 Å². The molecular formula is C15H18N2O4S. The molecule has 0 N–H and O–H groups in total. The molecule has 7 heteroatoms. The maximum absolute atomic E-state index is 12.5. The SMILES string of the molecule is CCOC=c1sc(=C(C#N)C(=O)OCC)n(C2CCC2)c1=O. The summed E-state index contributed by atoms with van der Waals surface area (Å²) in [5, 5.41) is 9.31. The van der Waals surface area contributed by atoms with Crippen LogP contribution in [0.5, 0.6) is 0 Å². The molecule has 1 aromatic heterocycles. The molecule has 0 aliphatic heterocycles. The number of hydrogen-bond donors (Lipinski definition) is 0. The normalized spacial score (nSPS) is 16.7. The van der Waals surface area contributed by atoms with Crippen molar-refractivity contribution in [2.75, 3.05) is 13.2 Å². The zero-order chi connectivity index (χ0) is 16.1. The fraction of sp³-hybridized carbons (Fsp3) is 0.533. The number of esters is 1.